The third-order valence-corrected chi connectivity index (χ3v) is 5.29. The van der Waals surface area contributed by atoms with Crippen LogP contribution in [0.25, 0.3) is 10.1 Å². The van der Waals surface area contributed by atoms with E-state index in [9.17, 15) is 0 Å². The molecule has 102 valence electrons. The molecule has 3 heteroatoms. The normalized spacial score (nSPS) is 12.7. The third kappa shape index (κ3) is 2.90. The van der Waals surface area contributed by atoms with E-state index < -0.39 is 0 Å². The minimum absolute atomic E-state index is 0.367. The highest BCUT2D eigenvalue weighted by atomic mass is 127. The highest BCUT2D eigenvalue weighted by Gasteiger charge is 2.14. The number of nitrogens with one attached hydrogen (secondary N) is 1. The number of rotatable bonds is 4. The van der Waals surface area contributed by atoms with Gasteiger partial charge in [0.2, 0.25) is 0 Å². The lowest BCUT2D eigenvalue weighted by atomic mass is 9.98. The first-order valence-electron chi connectivity index (χ1n) is 6.66. The average molecular weight is 393 g/mol. The lowest BCUT2D eigenvalue weighted by molar-refractivity contribution is 0.597. The Kier molecular flexibility index (Phi) is 4.38. The lowest BCUT2D eigenvalue weighted by Gasteiger charge is -2.16. The van der Waals surface area contributed by atoms with Crippen LogP contribution in [-0.4, -0.2) is 7.05 Å². The van der Waals surface area contributed by atoms with Crippen molar-refractivity contribution in [3.8, 4) is 0 Å². The average Bonchev–Trinajstić information content (AvgIpc) is 2.91. The van der Waals surface area contributed by atoms with E-state index in [-0.39, 0.29) is 0 Å². The van der Waals surface area contributed by atoms with E-state index >= 15 is 0 Å². The molecule has 0 amide bonds. The predicted molar refractivity (Wildman–Crippen MR) is 96.5 cm³/mol. The molecule has 0 aliphatic carbocycles. The highest BCUT2D eigenvalue weighted by molar-refractivity contribution is 14.1. The molecular weight excluding hydrogens is 377 g/mol. The molecule has 1 aromatic heterocycles. The zero-order valence-corrected chi connectivity index (χ0v) is 14.2. The molecule has 0 aliphatic heterocycles. The first-order chi connectivity index (χ1) is 9.78. The topological polar surface area (TPSA) is 12.0 Å². The van der Waals surface area contributed by atoms with Gasteiger partial charge in [-0.3, -0.25) is 0 Å². The Hall–Kier alpha value is -0.910. The quantitative estimate of drug-likeness (QED) is 0.615. The first-order valence-corrected chi connectivity index (χ1v) is 8.61. The molecule has 3 aromatic rings. The van der Waals surface area contributed by atoms with Gasteiger partial charge in [-0.15, -0.1) is 11.3 Å². The van der Waals surface area contributed by atoms with Gasteiger partial charge in [-0.2, -0.15) is 0 Å². The summed E-state index contributed by atoms with van der Waals surface area (Å²) in [7, 11) is 2.05. The van der Waals surface area contributed by atoms with Gasteiger partial charge in [0.1, 0.15) is 0 Å². The van der Waals surface area contributed by atoms with Crippen LogP contribution in [-0.2, 0) is 6.42 Å². The van der Waals surface area contributed by atoms with E-state index in [1.807, 2.05) is 18.4 Å². The Labute approximate surface area is 137 Å². The third-order valence-electron chi connectivity index (χ3n) is 3.59. The molecule has 1 atom stereocenters. The van der Waals surface area contributed by atoms with Crippen LogP contribution < -0.4 is 5.32 Å². The van der Waals surface area contributed by atoms with Gasteiger partial charge in [0.05, 0.1) is 0 Å². The number of benzene rings is 2. The fourth-order valence-electron chi connectivity index (χ4n) is 2.49. The molecule has 0 saturated carbocycles. The number of fused-ring (bicyclic) bond motifs is 1. The molecule has 2 aromatic carbocycles. The molecule has 0 radical (unpaired) electrons. The van der Waals surface area contributed by atoms with Crippen LogP contribution in [0.3, 0.4) is 0 Å². The summed E-state index contributed by atoms with van der Waals surface area (Å²) < 4.78 is 2.65. The maximum atomic E-state index is 3.46. The number of hydrogen-bond donors (Lipinski definition) is 1. The minimum atomic E-state index is 0.367. The number of thiophene rings is 1. The Morgan fingerprint density at radius 1 is 1.10 bits per heavy atom. The fraction of sp³-hybridized carbons (Fsp3) is 0.176. The summed E-state index contributed by atoms with van der Waals surface area (Å²) >= 11 is 4.18. The molecule has 0 spiro atoms. The standard InChI is InChI=1S/C17H16INS/c1-19-16(10-12-6-8-13(18)9-7-12)15-11-20-17-5-3-2-4-14(15)17/h2-9,11,16,19H,10H2,1H3. The van der Waals surface area contributed by atoms with Crippen molar-refractivity contribution in [3.05, 3.63) is 68.6 Å². The Morgan fingerprint density at radius 3 is 2.60 bits per heavy atom. The first kappa shape index (κ1) is 14.0. The molecular formula is C17H16INS. The predicted octanol–water partition coefficient (Wildman–Crippen LogP) is 5.01. The summed E-state index contributed by atoms with van der Waals surface area (Å²) in [6, 6.07) is 17.8. The second kappa shape index (κ2) is 6.24. The van der Waals surface area contributed by atoms with Crippen LogP contribution in [0.2, 0.25) is 0 Å². The second-order valence-corrected chi connectivity index (χ2v) is 7.02. The molecule has 1 N–H and O–H groups in total. The van der Waals surface area contributed by atoms with Crippen molar-refractivity contribution in [2.75, 3.05) is 7.05 Å². The molecule has 0 aliphatic rings. The van der Waals surface area contributed by atoms with Crippen molar-refractivity contribution in [2.45, 2.75) is 12.5 Å². The number of halogens is 1. The van der Waals surface area contributed by atoms with E-state index in [4.69, 9.17) is 0 Å². The zero-order valence-electron chi connectivity index (χ0n) is 11.3. The van der Waals surface area contributed by atoms with E-state index in [2.05, 4.69) is 81.8 Å². The maximum absolute atomic E-state index is 3.46. The second-order valence-electron chi connectivity index (χ2n) is 4.86. The van der Waals surface area contributed by atoms with Crippen LogP contribution in [0.1, 0.15) is 17.2 Å². The molecule has 3 rings (SSSR count). The van der Waals surface area contributed by atoms with Crippen molar-refractivity contribution in [1.29, 1.82) is 0 Å². The van der Waals surface area contributed by atoms with E-state index in [0.717, 1.165) is 6.42 Å². The summed E-state index contributed by atoms with van der Waals surface area (Å²) in [4.78, 5) is 0. The van der Waals surface area contributed by atoms with Crippen molar-refractivity contribution < 1.29 is 0 Å². The van der Waals surface area contributed by atoms with Crippen molar-refractivity contribution >= 4 is 44.0 Å². The van der Waals surface area contributed by atoms with E-state index in [0.29, 0.717) is 6.04 Å². The van der Waals surface area contributed by atoms with Crippen molar-refractivity contribution in [1.82, 2.24) is 5.32 Å². The number of likely N-dealkylation sites (N-methyl/N-ethyl adjacent to an activating group) is 1. The van der Waals surface area contributed by atoms with Gasteiger partial charge in [0, 0.05) is 14.3 Å². The minimum Gasteiger partial charge on any atom is -0.313 e. The van der Waals surface area contributed by atoms with Gasteiger partial charge < -0.3 is 5.32 Å². The van der Waals surface area contributed by atoms with Crippen LogP contribution >= 0.6 is 33.9 Å². The van der Waals surface area contributed by atoms with E-state index in [1.165, 1.54) is 24.8 Å². The van der Waals surface area contributed by atoms with Crippen molar-refractivity contribution in [2.24, 2.45) is 0 Å². The molecule has 1 nitrogen and oxygen atoms in total. The molecule has 0 bridgehead atoms. The smallest absolute Gasteiger partial charge is 0.0372 e. The SMILES string of the molecule is CNC(Cc1ccc(I)cc1)c1csc2ccccc12. The molecule has 20 heavy (non-hydrogen) atoms. The Bertz CT molecular complexity index is 702. The summed E-state index contributed by atoms with van der Waals surface area (Å²) in [6.45, 7) is 0. The highest BCUT2D eigenvalue weighted by Crippen LogP contribution is 2.31. The van der Waals surface area contributed by atoms with Gasteiger partial charge in [-0.1, -0.05) is 30.3 Å². The summed E-state index contributed by atoms with van der Waals surface area (Å²) in [5.41, 5.74) is 2.78. The van der Waals surface area contributed by atoms with Gasteiger partial charge >= 0.3 is 0 Å². The van der Waals surface area contributed by atoms with E-state index in [1.54, 1.807) is 0 Å². The zero-order chi connectivity index (χ0) is 13.9. The lowest BCUT2D eigenvalue weighted by Crippen LogP contribution is -2.18. The van der Waals surface area contributed by atoms with Crippen LogP contribution in [0.4, 0.5) is 0 Å². The van der Waals surface area contributed by atoms with Crippen LogP contribution in [0.15, 0.2) is 53.9 Å². The summed E-state index contributed by atoms with van der Waals surface area (Å²) in [5, 5.41) is 7.13. The van der Waals surface area contributed by atoms with Gasteiger partial charge in [0.25, 0.3) is 0 Å². The van der Waals surface area contributed by atoms with Gasteiger partial charge in [0.15, 0.2) is 0 Å². The van der Waals surface area contributed by atoms with Crippen LogP contribution in [0.5, 0.6) is 0 Å². The molecule has 1 heterocycles. The Balaban J connectivity index is 1.91. The van der Waals surface area contributed by atoms with Gasteiger partial charge in [-0.05, 0) is 76.2 Å². The summed E-state index contributed by atoms with van der Waals surface area (Å²) in [5.74, 6) is 0. The Morgan fingerprint density at radius 2 is 1.85 bits per heavy atom. The van der Waals surface area contributed by atoms with Crippen LogP contribution in [0, 0.1) is 3.57 Å². The summed E-state index contributed by atoms with van der Waals surface area (Å²) in [6.07, 6.45) is 1.02. The monoisotopic (exact) mass is 393 g/mol. The molecule has 0 fully saturated rings. The fourth-order valence-corrected chi connectivity index (χ4v) is 3.87. The van der Waals surface area contributed by atoms with Crippen molar-refractivity contribution in [3.63, 3.8) is 0 Å². The largest absolute Gasteiger partial charge is 0.313 e. The van der Waals surface area contributed by atoms with Gasteiger partial charge in [-0.25, -0.2) is 0 Å². The molecule has 0 saturated heterocycles. The maximum Gasteiger partial charge on any atom is 0.0372 e. The number of hydrogen-bond acceptors (Lipinski definition) is 2. The molecule has 1 unspecified atom stereocenters.